The number of ether oxygens (including phenoxy) is 1. The summed E-state index contributed by atoms with van der Waals surface area (Å²) in [5.74, 6) is 0.376. The molecule has 3 heterocycles. The van der Waals surface area contributed by atoms with E-state index in [0.717, 1.165) is 21.7 Å². The van der Waals surface area contributed by atoms with Gasteiger partial charge in [0.05, 0.1) is 27.5 Å². The normalized spacial score (nSPS) is 11.3. The third-order valence-corrected chi connectivity index (χ3v) is 7.23. The average Bonchev–Trinajstić information content (AvgIpc) is 3.56. The molecule has 0 unspecified atom stereocenters. The molecule has 0 radical (unpaired) electrons. The first kappa shape index (κ1) is 29.3. The maximum absolute atomic E-state index is 12.5. The van der Waals surface area contributed by atoms with Gasteiger partial charge in [0.25, 0.3) is 5.91 Å². The molecule has 3 aromatic heterocycles. The molecule has 0 spiro atoms. The van der Waals surface area contributed by atoms with Gasteiger partial charge in [-0.3, -0.25) is 19.0 Å². The zero-order chi connectivity index (χ0) is 29.4. The first-order valence-electron chi connectivity index (χ1n) is 13.1. The van der Waals surface area contributed by atoms with Crippen LogP contribution in [0.3, 0.4) is 0 Å². The molecule has 4 rings (SSSR count). The number of amides is 2. The number of aromatic nitrogens is 4. The maximum atomic E-state index is 12.5. The number of carbonyl (C=O) groups excluding carboxylic acids is 2. The topological polar surface area (TPSA) is 127 Å². The Morgan fingerprint density at radius 3 is 2.63 bits per heavy atom. The lowest BCUT2D eigenvalue weighted by Gasteiger charge is -2.15. The molecular formula is C29H34N8O3S. The number of benzene rings is 1. The van der Waals surface area contributed by atoms with Crippen LogP contribution in [0, 0.1) is 6.92 Å². The van der Waals surface area contributed by atoms with Crippen LogP contribution < -0.4 is 21.4 Å². The van der Waals surface area contributed by atoms with Crippen LogP contribution in [0.15, 0.2) is 66.6 Å². The summed E-state index contributed by atoms with van der Waals surface area (Å²) in [5.41, 5.74) is 4.48. The second-order valence-corrected chi connectivity index (χ2v) is 10.2. The highest BCUT2D eigenvalue weighted by Gasteiger charge is 2.16. The molecule has 214 valence electrons. The van der Waals surface area contributed by atoms with Crippen molar-refractivity contribution in [2.24, 2.45) is 12.0 Å². The van der Waals surface area contributed by atoms with Gasteiger partial charge in [-0.25, -0.2) is 9.78 Å². The summed E-state index contributed by atoms with van der Waals surface area (Å²) < 4.78 is 8.87. The quantitative estimate of drug-likeness (QED) is 0.249. The molecule has 11 nitrogen and oxygen atoms in total. The fraction of sp³-hybridized carbons (Fsp3) is 0.276. The Morgan fingerprint density at radius 1 is 1.17 bits per heavy atom. The highest BCUT2D eigenvalue weighted by molar-refractivity contribution is 7.18. The highest BCUT2D eigenvalue weighted by atomic mass is 32.1. The minimum Gasteiger partial charge on any atom is -0.445 e. The molecule has 41 heavy (non-hydrogen) atoms. The van der Waals surface area contributed by atoms with Gasteiger partial charge >= 0.3 is 6.09 Å². The van der Waals surface area contributed by atoms with Crippen LogP contribution in [0.4, 0.5) is 15.6 Å². The van der Waals surface area contributed by atoms with Crippen LogP contribution in [0.5, 0.6) is 0 Å². The number of carbonyl (C=O) groups is 2. The van der Waals surface area contributed by atoms with Crippen molar-refractivity contribution in [3.8, 4) is 0 Å². The SMILES string of the molecule is C=C(c1cnn(C)c1)n1cc(CCNC(=O)OCc2ccccc2)nc(Nc2cc(C)c(C(=O)NCC)s2)c1=NC. The number of thiophene rings is 1. The molecule has 0 saturated heterocycles. The van der Waals surface area contributed by atoms with Crippen molar-refractivity contribution in [1.29, 1.82) is 0 Å². The number of aryl methyl sites for hydroxylation is 2. The first-order chi connectivity index (χ1) is 19.8. The predicted molar refractivity (Wildman–Crippen MR) is 160 cm³/mol. The van der Waals surface area contributed by atoms with Crippen molar-refractivity contribution in [1.82, 2.24) is 30.0 Å². The summed E-state index contributed by atoms with van der Waals surface area (Å²) >= 11 is 1.34. The van der Waals surface area contributed by atoms with Crippen LogP contribution in [-0.2, 0) is 24.8 Å². The summed E-state index contributed by atoms with van der Waals surface area (Å²) in [6.45, 7) is 9.11. The Kier molecular flexibility index (Phi) is 9.69. The Labute approximate surface area is 242 Å². The van der Waals surface area contributed by atoms with Crippen molar-refractivity contribution in [3.05, 3.63) is 94.3 Å². The second-order valence-electron chi connectivity index (χ2n) is 9.19. The zero-order valence-electron chi connectivity index (χ0n) is 23.6. The van der Waals surface area contributed by atoms with Gasteiger partial charge in [-0.05, 0) is 31.0 Å². The zero-order valence-corrected chi connectivity index (χ0v) is 24.4. The second kappa shape index (κ2) is 13.6. The molecule has 12 heteroatoms. The summed E-state index contributed by atoms with van der Waals surface area (Å²) in [4.78, 5) is 34.7. The van der Waals surface area contributed by atoms with Crippen LogP contribution >= 0.6 is 11.3 Å². The summed E-state index contributed by atoms with van der Waals surface area (Å²) in [7, 11) is 3.52. The van der Waals surface area contributed by atoms with Gasteiger partial charge in [-0.2, -0.15) is 5.10 Å². The smallest absolute Gasteiger partial charge is 0.407 e. The molecule has 0 aliphatic heterocycles. The van der Waals surface area contributed by atoms with Crippen molar-refractivity contribution in [2.75, 3.05) is 25.5 Å². The third-order valence-electron chi connectivity index (χ3n) is 6.08. The molecule has 2 amide bonds. The van der Waals surface area contributed by atoms with E-state index in [1.54, 1.807) is 17.9 Å². The fourth-order valence-corrected chi connectivity index (χ4v) is 5.06. The summed E-state index contributed by atoms with van der Waals surface area (Å²) in [6, 6.07) is 11.4. The summed E-state index contributed by atoms with van der Waals surface area (Å²) in [5, 5.41) is 14.0. The number of rotatable bonds is 11. The molecule has 4 aromatic rings. The molecule has 0 fully saturated rings. The Balaban J connectivity index is 1.58. The molecule has 0 aliphatic rings. The average molecular weight is 575 g/mol. The number of hydrogen-bond donors (Lipinski definition) is 3. The van der Waals surface area contributed by atoms with E-state index in [1.165, 1.54) is 11.3 Å². The number of hydrogen-bond acceptors (Lipinski definition) is 8. The van der Waals surface area contributed by atoms with Gasteiger partial charge in [0.15, 0.2) is 11.3 Å². The van der Waals surface area contributed by atoms with Crippen molar-refractivity contribution in [2.45, 2.75) is 26.9 Å². The third kappa shape index (κ3) is 7.48. The van der Waals surface area contributed by atoms with E-state index in [0.29, 0.717) is 47.1 Å². The van der Waals surface area contributed by atoms with E-state index in [2.05, 4.69) is 32.6 Å². The van der Waals surface area contributed by atoms with E-state index in [9.17, 15) is 9.59 Å². The Hall–Kier alpha value is -4.71. The van der Waals surface area contributed by atoms with Crippen molar-refractivity contribution in [3.63, 3.8) is 0 Å². The van der Waals surface area contributed by atoms with Gasteiger partial charge < -0.3 is 20.7 Å². The number of nitrogens with zero attached hydrogens (tertiary/aromatic N) is 5. The van der Waals surface area contributed by atoms with Gasteiger partial charge in [-0.15, -0.1) is 11.3 Å². The van der Waals surface area contributed by atoms with E-state index in [-0.39, 0.29) is 12.5 Å². The van der Waals surface area contributed by atoms with Crippen LogP contribution in [-0.4, -0.2) is 51.5 Å². The lowest BCUT2D eigenvalue weighted by molar-refractivity contribution is 0.0959. The van der Waals surface area contributed by atoms with E-state index >= 15 is 0 Å². The van der Waals surface area contributed by atoms with Crippen molar-refractivity contribution < 1.29 is 14.3 Å². The molecule has 0 atom stereocenters. The number of alkyl carbamates (subject to hydrolysis) is 1. The van der Waals surface area contributed by atoms with E-state index < -0.39 is 6.09 Å². The maximum Gasteiger partial charge on any atom is 0.407 e. The van der Waals surface area contributed by atoms with Gasteiger partial charge in [0.2, 0.25) is 0 Å². The van der Waals surface area contributed by atoms with Crippen molar-refractivity contribution >= 4 is 39.9 Å². The van der Waals surface area contributed by atoms with E-state index in [4.69, 9.17) is 9.72 Å². The molecule has 3 N–H and O–H groups in total. The molecule has 0 aliphatic carbocycles. The highest BCUT2D eigenvalue weighted by Crippen LogP contribution is 2.28. The first-order valence-corrected chi connectivity index (χ1v) is 13.9. The van der Waals surface area contributed by atoms with Crippen LogP contribution in [0.25, 0.3) is 5.70 Å². The Bertz CT molecular complexity index is 1600. The molecule has 0 saturated carbocycles. The lowest BCUT2D eigenvalue weighted by Crippen LogP contribution is -2.29. The number of anilines is 2. The van der Waals surface area contributed by atoms with Gasteiger partial charge in [0, 0.05) is 51.6 Å². The standard InChI is InChI=1S/C29H34N8O3S/c1-6-31-28(38)25-19(2)14-24(41-25)35-26-27(30-4)37(20(3)22-15-33-36(5)16-22)17-23(34-26)12-13-32-29(39)40-18-21-10-8-7-9-11-21/h7-11,14-17H,3,6,12-13,18H2,1-2,4-5H3,(H,31,38)(H,32,39)(H,34,35). The minimum absolute atomic E-state index is 0.115. The molecule has 1 aromatic carbocycles. The van der Waals surface area contributed by atoms with E-state index in [1.807, 2.05) is 74.3 Å². The fourth-order valence-electron chi connectivity index (χ4n) is 4.07. The van der Waals surface area contributed by atoms with Gasteiger partial charge in [0.1, 0.15) is 6.61 Å². The number of nitrogens with one attached hydrogen (secondary N) is 3. The molecular weight excluding hydrogens is 540 g/mol. The Morgan fingerprint density at radius 2 is 1.95 bits per heavy atom. The van der Waals surface area contributed by atoms with Crippen LogP contribution in [0.1, 0.15) is 39.0 Å². The lowest BCUT2D eigenvalue weighted by atomic mass is 10.2. The minimum atomic E-state index is -0.507. The predicted octanol–water partition coefficient (Wildman–Crippen LogP) is 4.00. The molecule has 0 bridgehead atoms. The van der Waals surface area contributed by atoms with Gasteiger partial charge in [-0.1, -0.05) is 36.9 Å². The largest absolute Gasteiger partial charge is 0.445 e. The van der Waals surface area contributed by atoms with Crippen LogP contribution in [0.2, 0.25) is 0 Å². The monoisotopic (exact) mass is 574 g/mol. The summed E-state index contributed by atoms with van der Waals surface area (Å²) in [6.07, 6.45) is 5.36.